The maximum absolute atomic E-state index is 12.4. The summed E-state index contributed by atoms with van der Waals surface area (Å²) in [5.74, 6) is 1.43. The van der Waals surface area contributed by atoms with Crippen molar-refractivity contribution < 1.29 is 23.7 Å². The van der Waals surface area contributed by atoms with Crippen molar-refractivity contribution in [3.05, 3.63) is 17.7 Å². The molecule has 0 atom stereocenters. The monoisotopic (exact) mass is 339 g/mol. The number of carbonyl (C=O) groups excluding carboxylic acids is 1. The molecule has 0 aliphatic rings. The molecular formula is C18H29NO5. The number of amides is 1. The second-order valence-electron chi connectivity index (χ2n) is 5.06. The number of benzene rings is 1. The highest BCUT2D eigenvalue weighted by molar-refractivity contribution is 5.95. The maximum Gasteiger partial charge on any atom is 0.251 e. The van der Waals surface area contributed by atoms with Gasteiger partial charge in [0.1, 0.15) is 0 Å². The fourth-order valence-electron chi connectivity index (χ4n) is 2.20. The van der Waals surface area contributed by atoms with Gasteiger partial charge in [-0.2, -0.15) is 0 Å². The molecule has 0 heterocycles. The van der Waals surface area contributed by atoms with E-state index in [1.165, 1.54) is 0 Å². The Morgan fingerprint density at radius 1 is 0.958 bits per heavy atom. The Hall–Kier alpha value is -1.95. The van der Waals surface area contributed by atoms with E-state index in [4.69, 9.17) is 18.9 Å². The molecular weight excluding hydrogens is 310 g/mol. The van der Waals surface area contributed by atoms with E-state index >= 15 is 0 Å². The van der Waals surface area contributed by atoms with Gasteiger partial charge in [-0.25, -0.2) is 0 Å². The lowest BCUT2D eigenvalue weighted by Gasteiger charge is -2.17. The van der Waals surface area contributed by atoms with E-state index in [2.05, 4.69) is 5.32 Å². The molecule has 0 saturated carbocycles. The Bertz CT molecular complexity index is 477. The fraction of sp³-hybridized carbons (Fsp3) is 0.611. The standard InChI is InChI=1S/C18H29NO5/c1-5-22-15-12-14(18(20)19-10-8-9-11-21-4)13-16(23-6-2)17(15)24-7-3/h12-13H,5-11H2,1-4H3,(H,19,20). The molecule has 0 aromatic heterocycles. The summed E-state index contributed by atoms with van der Waals surface area (Å²) in [6.45, 7) is 8.42. The van der Waals surface area contributed by atoms with Crippen LogP contribution in [0.1, 0.15) is 44.0 Å². The average molecular weight is 339 g/mol. The summed E-state index contributed by atoms with van der Waals surface area (Å²) in [6.07, 6.45) is 1.78. The van der Waals surface area contributed by atoms with Crippen molar-refractivity contribution in [1.29, 1.82) is 0 Å². The first-order chi connectivity index (χ1) is 11.7. The van der Waals surface area contributed by atoms with Crippen molar-refractivity contribution in [1.82, 2.24) is 5.32 Å². The molecule has 1 N–H and O–H groups in total. The lowest BCUT2D eigenvalue weighted by atomic mass is 10.1. The van der Waals surface area contributed by atoms with Gasteiger partial charge in [-0.15, -0.1) is 0 Å². The van der Waals surface area contributed by atoms with Crippen LogP contribution in [0.15, 0.2) is 12.1 Å². The summed E-state index contributed by atoms with van der Waals surface area (Å²) < 4.78 is 21.9. The summed E-state index contributed by atoms with van der Waals surface area (Å²) in [7, 11) is 1.67. The fourth-order valence-corrected chi connectivity index (χ4v) is 2.20. The first kappa shape index (κ1) is 20.1. The Labute approximate surface area is 144 Å². The summed E-state index contributed by atoms with van der Waals surface area (Å²) in [5, 5.41) is 2.90. The highest BCUT2D eigenvalue weighted by Gasteiger charge is 2.18. The van der Waals surface area contributed by atoms with Crippen molar-refractivity contribution in [2.24, 2.45) is 0 Å². The Kier molecular flexibility index (Phi) is 9.68. The molecule has 0 radical (unpaired) electrons. The predicted molar refractivity (Wildman–Crippen MR) is 93.4 cm³/mol. The third-order valence-electron chi connectivity index (χ3n) is 3.23. The third kappa shape index (κ3) is 6.28. The quantitative estimate of drug-likeness (QED) is 0.593. The highest BCUT2D eigenvalue weighted by atomic mass is 16.5. The second-order valence-corrected chi connectivity index (χ2v) is 5.06. The van der Waals surface area contributed by atoms with Gasteiger partial charge < -0.3 is 24.3 Å². The third-order valence-corrected chi connectivity index (χ3v) is 3.23. The average Bonchev–Trinajstić information content (AvgIpc) is 2.57. The zero-order valence-electron chi connectivity index (χ0n) is 15.1. The van der Waals surface area contributed by atoms with E-state index in [-0.39, 0.29) is 5.91 Å². The van der Waals surface area contributed by atoms with Crippen LogP contribution in [-0.2, 0) is 4.74 Å². The molecule has 1 aromatic carbocycles. The lowest BCUT2D eigenvalue weighted by Crippen LogP contribution is -2.24. The molecule has 0 aliphatic carbocycles. The topological polar surface area (TPSA) is 66.0 Å². The molecule has 1 aromatic rings. The SMILES string of the molecule is CCOc1cc(C(=O)NCCCCOC)cc(OCC)c1OCC. The summed E-state index contributed by atoms with van der Waals surface area (Å²) >= 11 is 0. The van der Waals surface area contributed by atoms with Gasteiger partial charge >= 0.3 is 0 Å². The van der Waals surface area contributed by atoms with Crippen LogP contribution in [0.25, 0.3) is 0 Å². The van der Waals surface area contributed by atoms with Gasteiger partial charge in [0, 0.05) is 25.8 Å². The second kappa shape index (κ2) is 11.6. The summed E-state index contributed by atoms with van der Waals surface area (Å²) in [6, 6.07) is 3.39. The van der Waals surface area contributed by atoms with Crippen LogP contribution in [0.4, 0.5) is 0 Å². The molecule has 0 saturated heterocycles. The number of carbonyl (C=O) groups is 1. The molecule has 0 bridgehead atoms. The van der Waals surface area contributed by atoms with Crippen LogP contribution in [0, 0.1) is 0 Å². The van der Waals surface area contributed by atoms with E-state index in [0.717, 1.165) is 12.8 Å². The van der Waals surface area contributed by atoms with Gasteiger partial charge in [0.05, 0.1) is 19.8 Å². The van der Waals surface area contributed by atoms with Crippen LogP contribution < -0.4 is 19.5 Å². The van der Waals surface area contributed by atoms with E-state index in [0.29, 0.717) is 55.8 Å². The molecule has 24 heavy (non-hydrogen) atoms. The number of nitrogens with one attached hydrogen (secondary N) is 1. The van der Waals surface area contributed by atoms with Crippen LogP contribution in [0.2, 0.25) is 0 Å². The van der Waals surface area contributed by atoms with Crippen LogP contribution in [-0.4, -0.2) is 46.0 Å². The van der Waals surface area contributed by atoms with Crippen molar-refractivity contribution in [3.8, 4) is 17.2 Å². The molecule has 0 fully saturated rings. The molecule has 6 heteroatoms. The number of hydrogen-bond acceptors (Lipinski definition) is 5. The van der Waals surface area contributed by atoms with Gasteiger partial charge in [-0.1, -0.05) is 0 Å². The molecule has 1 rings (SSSR count). The number of rotatable bonds is 12. The minimum absolute atomic E-state index is 0.155. The summed E-state index contributed by atoms with van der Waals surface area (Å²) in [5.41, 5.74) is 0.497. The van der Waals surface area contributed by atoms with Crippen molar-refractivity contribution in [3.63, 3.8) is 0 Å². The van der Waals surface area contributed by atoms with Gasteiger partial charge in [-0.05, 0) is 45.7 Å². The molecule has 1 amide bonds. The maximum atomic E-state index is 12.4. The number of hydrogen-bond donors (Lipinski definition) is 1. The first-order valence-corrected chi connectivity index (χ1v) is 8.51. The van der Waals surface area contributed by atoms with Crippen LogP contribution >= 0.6 is 0 Å². The Morgan fingerprint density at radius 2 is 1.54 bits per heavy atom. The molecule has 0 unspecified atom stereocenters. The molecule has 0 spiro atoms. The molecule has 136 valence electrons. The smallest absolute Gasteiger partial charge is 0.251 e. The van der Waals surface area contributed by atoms with E-state index in [1.807, 2.05) is 20.8 Å². The minimum atomic E-state index is -0.155. The lowest BCUT2D eigenvalue weighted by molar-refractivity contribution is 0.0950. The normalized spacial score (nSPS) is 10.3. The zero-order chi connectivity index (χ0) is 17.8. The summed E-state index contributed by atoms with van der Waals surface area (Å²) in [4.78, 5) is 12.4. The van der Waals surface area contributed by atoms with Crippen molar-refractivity contribution in [2.75, 3.05) is 40.1 Å². The number of unbranched alkanes of at least 4 members (excludes halogenated alkanes) is 1. The van der Waals surface area contributed by atoms with Gasteiger partial charge in [0.25, 0.3) is 5.91 Å². The van der Waals surface area contributed by atoms with Crippen molar-refractivity contribution in [2.45, 2.75) is 33.6 Å². The van der Waals surface area contributed by atoms with Gasteiger partial charge in [-0.3, -0.25) is 4.79 Å². The van der Waals surface area contributed by atoms with E-state index < -0.39 is 0 Å². The predicted octanol–water partition coefficient (Wildman–Crippen LogP) is 3.04. The molecule has 6 nitrogen and oxygen atoms in total. The highest BCUT2D eigenvalue weighted by Crippen LogP contribution is 2.39. The first-order valence-electron chi connectivity index (χ1n) is 8.51. The van der Waals surface area contributed by atoms with Crippen LogP contribution in [0.3, 0.4) is 0 Å². The van der Waals surface area contributed by atoms with Crippen molar-refractivity contribution >= 4 is 5.91 Å². The number of methoxy groups -OCH3 is 1. The Balaban J connectivity index is 2.90. The molecule has 0 aliphatic heterocycles. The van der Waals surface area contributed by atoms with Gasteiger partial charge in [0.15, 0.2) is 11.5 Å². The van der Waals surface area contributed by atoms with Crippen LogP contribution in [0.5, 0.6) is 17.2 Å². The largest absolute Gasteiger partial charge is 0.490 e. The zero-order valence-corrected chi connectivity index (χ0v) is 15.1. The Morgan fingerprint density at radius 3 is 2.04 bits per heavy atom. The van der Waals surface area contributed by atoms with E-state index in [1.54, 1.807) is 19.2 Å². The minimum Gasteiger partial charge on any atom is -0.490 e. The number of ether oxygens (including phenoxy) is 4. The van der Waals surface area contributed by atoms with E-state index in [9.17, 15) is 4.79 Å². The van der Waals surface area contributed by atoms with Gasteiger partial charge in [0.2, 0.25) is 5.75 Å².